The van der Waals surface area contributed by atoms with E-state index in [1.54, 1.807) is 47.4 Å². The summed E-state index contributed by atoms with van der Waals surface area (Å²) in [5.41, 5.74) is 7.16. The van der Waals surface area contributed by atoms with Gasteiger partial charge in [-0.05, 0) is 31.0 Å². The molecule has 0 unspecified atom stereocenters. The van der Waals surface area contributed by atoms with E-state index < -0.39 is 11.7 Å². The quantitative estimate of drug-likeness (QED) is 0.0624. The maximum atomic E-state index is 13.3. The number of nitrogens with zero attached hydrogens (tertiary/aromatic N) is 2. The molecule has 0 radical (unpaired) electrons. The number of unbranched alkanes of at least 4 members (excludes halogenated alkanes) is 3. The molecule has 0 bridgehead atoms. The van der Waals surface area contributed by atoms with Crippen molar-refractivity contribution in [2.45, 2.75) is 25.7 Å². The molecule has 2 aromatic carbocycles. The molecule has 15 nitrogen and oxygen atoms in total. The predicted octanol–water partition coefficient (Wildman–Crippen LogP) is 2.31. The Bertz CT molecular complexity index is 1560. The molecule has 15 heteroatoms. The van der Waals surface area contributed by atoms with Crippen LogP contribution >= 0.6 is 0 Å². The van der Waals surface area contributed by atoms with E-state index in [4.69, 9.17) is 15.2 Å². The van der Waals surface area contributed by atoms with Crippen LogP contribution in [0, 0.1) is 0 Å². The van der Waals surface area contributed by atoms with Crippen LogP contribution < -0.4 is 27.0 Å². The Labute approximate surface area is 291 Å². The maximum absolute atomic E-state index is 13.3. The number of carbonyl (C=O) groups is 5. The molecule has 4 rings (SSSR count). The molecule has 50 heavy (non-hydrogen) atoms. The summed E-state index contributed by atoms with van der Waals surface area (Å²) in [6, 6.07) is 13.5. The molecule has 6 amide bonds. The maximum Gasteiger partial charge on any atom is 0.319 e. The lowest BCUT2D eigenvalue weighted by Gasteiger charge is -2.34. The van der Waals surface area contributed by atoms with E-state index in [2.05, 4.69) is 26.3 Å². The lowest BCUT2D eigenvalue weighted by Crippen LogP contribution is -2.52. The molecular weight excluding hydrogens is 644 g/mol. The number of nitrogens with two attached hydrogens (primary N) is 1. The second kappa shape index (κ2) is 20.5. The summed E-state index contributed by atoms with van der Waals surface area (Å²) in [5.74, 6) is -1.38. The van der Waals surface area contributed by atoms with Gasteiger partial charge in [0.05, 0.1) is 43.2 Å². The zero-order chi connectivity index (χ0) is 35.6. The number of aromatic amines is 1. The first-order chi connectivity index (χ1) is 24.4. The van der Waals surface area contributed by atoms with Crippen LogP contribution in [0.3, 0.4) is 0 Å². The number of carbonyl (C=O) groups excluding carboxylic acids is 5. The third-order valence-electron chi connectivity index (χ3n) is 8.12. The van der Waals surface area contributed by atoms with Crippen molar-refractivity contribution in [3.63, 3.8) is 0 Å². The average Bonchev–Trinajstić information content (AvgIpc) is 3.58. The number of piperazine rings is 1. The second-order valence-electron chi connectivity index (χ2n) is 11.7. The fourth-order valence-corrected chi connectivity index (χ4v) is 5.46. The summed E-state index contributed by atoms with van der Waals surface area (Å²) in [6.07, 6.45) is 4.85. The van der Waals surface area contributed by atoms with Crippen molar-refractivity contribution < 1.29 is 33.4 Å². The first-order valence-electron chi connectivity index (χ1n) is 17.1. The Morgan fingerprint density at radius 3 is 2.04 bits per heavy atom. The Kier molecular flexibility index (Phi) is 15.5. The minimum Gasteiger partial charge on any atom is -0.378 e. The van der Waals surface area contributed by atoms with Gasteiger partial charge in [0.1, 0.15) is 0 Å². The molecule has 1 fully saturated rings. The summed E-state index contributed by atoms with van der Waals surface area (Å²) in [5, 5.41) is 11.7. The molecule has 0 saturated carbocycles. The molecule has 1 aromatic heterocycles. The van der Waals surface area contributed by atoms with E-state index in [1.807, 2.05) is 6.07 Å². The highest BCUT2D eigenvalue weighted by Crippen LogP contribution is 2.26. The number of hydrogen-bond donors (Lipinski definition) is 6. The highest BCUT2D eigenvalue weighted by Gasteiger charge is 2.30. The number of anilines is 1. The zero-order valence-corrected chi connectivity index (χ0v) is 28.3. The lowest BCUT2D eigenvalue weighted by molar-refractivity contribution is -0.127. The fourth-order valence-electron chi connectivity index (χ4n) is 5.46. The molecule has 1 saturated heterocycles. The van der Waals surface area contributed by atoms with Crippen LogP contribution in [0.25, 0.3) is 10.9 Å². The predicted molar refractivity (Wildman–Crippen MR) is 189 cm³/mol. The third-order valence-corrected chi connectivity index (χ3v) is 8.12. The van der Waals surface area contributed by atoms with Gasteiger partial charge >= 0.3 is 12.1 Å². The van der Waals surface area contributed by atoms with Crippen LogP contribution in [0.15, 0.2) is 54.7 Å². The van der Waals surface area contributed by atoms with Gasteiger partial charge in [-0.25, -0.2) is 9.59 Å². The number of hydrogen-bond acceptors (Lipinski definition) is 8. The number of nitrogens with one attached hydrogen (secondary N) is 5. The number of H-pyrrole nitrogens is 1. The minimum absolute atomic E-state index is 0.101. The van der Waals surface area contributed by atoms with Gasteiger partial charge in [0.25, 0.3) is 17.6 Å². The van der Waals surface area contributed by atoms with E-state index in [9.17, 15) is 24.0 Å². The number of amides is 6. The Balaban J connectivity index is 1.11. The molecule has 0 aliphatic carbocycles. The Morgan fingerprint density at radius 2 is 1.34 bits per heavy atom. The smallest absolute Gasteiger partial charge is 0.319 e. The van der Waals surface area contributed by atoms with Gasteiger partial charge in [-0.2, -0.15) is 0 Å². The number of aromatic nitrogens is 1. The summed E-state index contributed by atoms with van der Waals surface area (Å²) in [4.78, 5) is 69.8. The number of benzene rings is 2. The van der Waals surface area contributed by atoms with E-state index in [1.165, 1.54) is 11.1 Å². The first-order valence-corrected chi connectivity index (χ1v) is 17.1. The standard InChI is InChI=1S/C35H48N8O7/c36-13-21-49-23-24-50-22-16-39-34(47)37-14-6-1-2-7-15-38-35(48)41-29-12-8-11-27-28(25-40-30(27)29)31(44)33(46)43-19-17-42(18-20-43)32(45)26-9-4-3-5-10-26/h3-5,8-12,25,40H,1-2,6-7,13-24,36H2,(H2,37,39,47)(H2,38,41,48). The van der Waals surface area contributed by atoms with E-state index >= 15 is 0 Å². The molecule has 270 valence electrons. The molecule has 2 heterocycles. The van der Waals surface area contributed by atoms with Gasteiger partial charge in [-0.15, -0.1) is 0 Å². The number of para-hydroxylation sites is 1. The van der Waals surface area contributed by atoms with E-state index in [-0.39, 0.29) is 36.6 Å². The molecule has 7 N–H and O–H groups in total. The monoisotopic (exact) mass is 692 g/mol. The first kappa shape index (κ1) is 37.8. The van der Waals surface area contributed by atoms with Gasteiger partial charge in [-0.1, -0.05) is 43.2 Å². The summed E-state index contributed by atoms with van der Waals surface area (Å²) >= 11 is 0. The molecule has 1 aliphatic heterocycles. The van der Waals surface area contributed by atoms with Gasteiger partial charge in [-0.3, -0.25) is 14.4 Å². The summed E-state index contributed by atoms with van der Waals surface area (Å²) in [6.45, 7) is 4.95. The fraction of sp³-hybridized carbons (Fsp3) is 0.457. The van der Waals surface area contributed by atoms with Crippen molar-refractivity contribution in [1.29, 1.82) is 0 Å². The van der Waals surface area contributed by atoms with E-state index in [0.29, 0.717) is 87.8 Å². The second-order valence-corrected chi connectivity index (χ2v) is 11.7. The number of rotatable bonds is 19. The third kappa shape index (κ3) is 11.6. The number of ketones is 1. The van der Waals surface area contributed by atoms with Crippen LogP contribution in [0.2, 0.25) is 0 Å². The van der Waals surface area contributed by atoms with Crippen LogP contribution in [0.1, 0.15) is 46.4 Å². The number of fused-ring (bicyclic) bond motifs is 1. The van der Waals surface area contributed by atoms with Crippen molar-refractivity contribution in [1.82, 2.24) is 30.7 Å². The molecule has 0 spiro atoms. The zero-order valence-electron chi connectivity index (χ0n) is 28.3. The molecule has 1 aliphatic rings. The Hall–Kier alpha value is -4.99. The van der Waals surface area contributed by atoms with Crippen LogP contribution in [0.4, 0.5) is 15.3 Å². The van der Waals surface area contributed by atoms with Gasteiger partial charge < -0.3 is 51.3 Å². The van der Waals surface area contributed by atoms with Gasteiger partial charge in [0, 0.05) is 69.5 Å². The topological polar surface area (TPSA) is 200 Å². The molecule has 0 atom stereocenters. The molecule has 3 aromatic rings. The largest absolute Gasteiger partial charge is 0.378 e. The average molecular weight is 693 g/mol. The van der Waals surface area contributed by atoms with Crippen LogP contribution in [0.5, 0.6) is 0 Å². The normalized spacial score (nSPS) is 12.8. The van der Waals surface area contributed by atoms with Crippen molar-refractivity contribution in [3.8, 4) is 0 Å². The van der Waals surface area contributed by atoms with Crippen molar-refractivity contribution in [2.24, 2.45) is 5.73 Å². The van der Waals surface area contributed by atoms with Crippen molar-refractivity contribution in [3.05, 3.63) is 65.9 Å². The van der Waals surface area contributed by atoms with E-state index in [0.717, 1.165) is 25.7 Å². The number of ether oxygens (including phenoxy) is 2. The lowest BCUT2D eigenvalue weighted by atomic mass is 10.1. The number of urea groups is 2. The van der Waals surface area contributed by atoms with Crippen molar-refractivity contribution >= 4 is 46.3 Å². The van der Waals surface area contributed by atoms with Crippen molar-refractivity contribution in [2.75, 3.05) is 84.1 Å². The van der Waals surface area contributed by atoms with Crippen LogP contribution in [-0.2, 0) is 14.3 Å². The summed E-state index contributed by atoms with van der Waals surface area (Å²) < 4.78 is 10.6. The number of Topliss-reactive ketones (excluding diaryl/α,β-unsaturated/α-hetero) is 1. The minimum atomic E-state index is -0.651. The van der Waals surface area contributed by atoms with Crippen LogP contribution in [-0.4, -0.2) is 123 Å². The van der Waals surface area contributed by atoms with Gasteiger partial charge in [0.2, 0.25) is 0 Å². The SMILES string of the molecule is NCCOCCOCCNC(=O)NCCCCCCNC(=O)Nc1cccc2c(C(=O)C(=O)N3CCN(C(=O)c4ccccc4)CC3)c[nH]c12. The highest BCUT2D eigenvalue weighted by atomic mass is 16.5. The highest BCUT2D eigenvalue weighted by molar-refractivity contribution is 6.45. The Morgan fingerprint density at radius 1 is 0.700 bits per heavy atom. The molecular formula is C35H48N8O7. The van der Waals surface area contributed by atoms with Gasteiger partial charge in [0.15, 0.2) is 0 Å². The summed E-state index contributed by atoms with van der Waals surface area (Å²) in [7, 11) is 0.